The number of hydrogen-bond donors (Lipinski definition) is 3. The number of morpholine rings is 1. The molecule has 8 nitrogen and oxygen atoms in total. The van der Waals surface area contributed by atoms with E-state index in [-0.39, 0.29) is 12.1 Å². The average molecular weight is 343 g/mol. The van der Waals surface area contributed by atoms with Crippen molar-refractivity contribution in [1.29, 1.82) is 0 Å². The van der Waals surface area contributed by atoms with Gasteiger partial charge in [-0.05, 0) is 23.8 Å². The van der Waals surface area contributed by atoms with Crippen LogP contribution in [0, 0.1) is 0 Å². The first-order valence-corrected chi connectivity index (χ1v) is 8.34. The van der Waals surface area contributed by atoms with Gasteiger partial charge in [-0.2, -0.15) is 0 Å². The Hall–Kier alpha value is -2.26. The van der Waals surface area contributed by atoms with E-state index in [0.717, 1.165) is 16.5 Å². The highest BCUT2D eigenvalue weighted by atomic mass is 16.5. The molecule has 1 aromatic heterocycles. The van der Waals surface area contributed by atoms with Gasteiger partial charge in [0.05, 0.1) is 38.7 Å². The minimum absolute atomic E-state index is 0.0254. The fourth-order valence-corrected chi connectivity index (χ4v) is 3.20. The third-order valence-electron chi connectivity index (χ3n) is 4.52. The van der Waals surface area contributed by atoms with Gasteiger partial charge in [-0.15, -0.1) is 0 Å². The van der Waals surface area contributed by atoms with Crippen LogP contribution in [0.25, 0.3) is 10.9 Å². The summed E-state index contributed by atoms with van der Waals surface area (Å²) >= 11 is 0. The first-order valence-electron chi connectivity index (χ1n) is 8.34. The first kappa shape index (κ1) is 16.2. The molecule has 2 saturated heterocycles. The first-order chi connectivity index (χ1) is 12.3. The van der Waals surface area contributed by atoms with Crippen LogP contribution in [0.15, 0.2) is 24.3 Å². The highest BCUT2D eigenvalue weighted by molar-refractivity contribution is 5.98. The maximum Gasteiger partial charge on any atom is 0.254 e. The van der Waals surface area contributed by atoms with E-state index in [2.05, 4.69) is 21.2 Å². The molecule has 2 aromatic rings. The number of hydrogen-bond acceptors (Lipinski definition) is 7. The van der Waals surface area contributed by atoms with E-state index in [4.69, 9.17) is 9.47 Å². The van der Waals surface area contributed by atoms with Crippen LogP contribution < -0.4 is 20.9 Å². The maximum absolute atomic E-state index is 12.8. The number of nitrogens with zero attached hydrogens (tertiary/aromatic N) is 2. The largest absolute Gasteiger partial charge is 0.481 e. The summed E-state index contributed by atoms with van der Waals surface area (Å²) in [6, 6.07) is 7.50. The van der Waals surface area contributed by atoms with Gasteiger partial charge in [0.15, 0.2) is 0 Å². The van der Waals surface area contributed by atoms with E-state index in [1.807, 2.05) is 29.2 Å². The second kappa shape index (κ2) is 6.93. The summed E-state index contributed by atoms with van der Waals surface area (Å²) in [4.78, 5) is 19.1. The standard InChI is InChI=1S/C17H21N5O3/c1-24-15-9-13(16-18-10-19-21-16)12-8-11(2-3-14(12)20-15)17(23)22-4-6-25-7-5-22/h2-3,8-9,16,18-19,21H,4-7,10H2,1H3. The van der Waals surface area contributed by atoms with E-state index in [0.29, 0.717) is 44.4 Å². The minimum Gasteiger partial charge on any atom is -0.481 e. The number of amides is 1. The molecule has 0 aliphatic carbocycles. The van der Waals surface area contributed by atoms with Gasteiger partial charge in [0.25, 0.3) is 5.91 Å². The Morgan fingerprint density at radius 3 is 2.88 bits per heavy atom. The summed E-state index contributed by atoms with van der Waals surface area (Å²) in [5.74, 6) is 0.572. The molecule has 0 spiro atoms. The lowest BCUT2D eigenvalue weighted by atomic mass is 10.0. The predicted octanol–water partition coefficient (Wildman–Crippen LogP) is 0.369. The molecule has 3 heterocycles. The summed E-state index contributed by atoms with van der Waals surface area (Å²) in [5.41, 5.74) is 8.67. The average Bonchev–Trinajstić information content (AvgIpc) is 3.21. The van der Waals surface area contributed by atoms with Crippen LogP contribution >= 0.6 is 0 Å². The Morgan fingerprint density at radius 1 is 1.32 bits per heavy atom. The Labute approximate surface area is 145 Å². The van der Waals surface area contributed by atoms with Crippen LogP contribution in [0.5, 0.6) is 5.88 Å². The predicted molar refractivity (Wildman–Crippen MR) is 92.0 cm³/mol. The summed E-state index contributed by atoms with van der Waals surface area (Å²) in [6.07, 6.45) is -0.0758. The highest BCUT2D eigenvalue weighted by Crippen LogP contribution is 2.28. The number of benzene rings is 1. The summed E-state index contributed by atoms with van der Waals surface area (Å²) < 4.78 is 10.6. The van der Waals surface area contributed by atoms with Crippen LogP contribution in [0.2, 0.25) is 0 Å². The number of rotatable bonds is 3. The molecular formula is C17H21N5O3. The third kappa shape index (κ3) is 3.16. The summed E-state index contributed by atoms with van der Waals surface area (Å²) in [5, 5.41) is 4.24. The van der Waals surface area contributed by atoms with E-state index < -0.39 is 0 Å². The van der Waals surface area contributed by atoms with Crippen LogP contribution in [0.3, 0.4) is 0 Å². The summed E-state index contributed by atoms with van der Waals surface area (Å²) in [7, 11) is 1.60. The Morgan fingerprint density at radius 2 is 2.16 bits per heavy atom. The molecule has 1 aromatic carbocycles. The van der Waals surface area contributed by atoms with Gasteiger partial charge in [0.2, 0.25) is 5.88 Å². The molecule has 1 atom stereocenters. The molecule has 3 N–H and O–H groups in total. The molecule has 0 radical (unpaired) electrons. The Balaban J connectivity index is 1.75. The molecule has 8 heteroatoms. The minimum atomic E-state index is -0.0758. The number of pyridine rings is 1. The van der Waals surface area contributed by atoms with Gasteiger partial charge in [0, 0.05) is 30.1 Å². The third-order valence-corrected chi connectivity index (χ3v) is 4.52. The zero-order valence-electron chi connectivity index (χ0n) is 14.0. The monoisotopic (exact) mass is 343 g/mol. The normalized spacial score (nSPS) is 20.8. The van der Waals surface area contributed by atoms with Gasteiger partial charge >= 0.3 is 0 Å². The topological polar surface area (TPSA) is 87.8 Å². The quantitative estimate of drug-likeness (QED) is 0.742. The van der Waals surface area contributed by atoms with Gasteiger partial charge in [0.1, 0.15) is 0 Å². The molecule has 2 aliphatic rings. The van der Waals surface area contributed by atoms with Crippen molar-refractivity contribution in [1.82, 2.24) is 26.1 Å². The Kier molecular flexibility index (Phi) is 4.50. The number of aromatic nitrogens is 1. The number of nitrogens with one attached hydrogen (secondary N) is 3. The molecule has 4 rings (SSSR count). The van der Waals surface area contributed by atoms with E-state index in [1.54, 1.807) is 7.11 Å². The molecule has 2 fully saturated rings. The van der Waals surface area contributed by atoms with Crippen molar-refractivity contribution >= 4 is 16.8 Å². The number of fused-ring (bicyclic) bond motifs is 1. The molecule has 132 valence electrons. The molecular weight excluding hydrogens is 322 g/mol. The van der Waals surface area contributed by atoms with E-state index in [9.17, 15) is 4.79 Å². The van der Waals surface area contributed by atoms with Gasteiger partial charge in [-0.1, -0.05) is 0 Å². The fourth-order valence-electron chi connectivity index (χ4n) is 3.20. The van der Waals surface area contributed by atoms with Gasteiger partial charge < -0.3 is 14.4 Å². The lowest BCUT2D eigenvalue weighted by Crippen LogP contribution is -2.40. The number of carbonyl (C=O) groups excluding carboxylic acids is 1. The van der Waals surface area contributed by atoms with Crippen molar-refractivity contribution < 1.29 is 14.3 Å². The second-order valence-electron chi connectivity index (χ2n) is 6.03. The molecule has 1 amide bonds. The van der Waals surface area contributed by atoms with Crippen molar-refractivity contribution in [3.63, 3.8) is 0 Å². The van der Waals surface area contributed by atoms with Crippen molar-refractivity contribution in [2.45, 2.75) is 6.17 Å². The molecule has 1 unspecified atom stereocenters. The highest BCUT2D eigenvalue weighted by Gasteiger charge is 2.22. The zero-order valence-corrected chi connectivity index (χ0v) is 14.0. The lowest BCUT2D eigenvalue weighted by molar-refractivity contribution is 0.0303. The number of ether oxygens (including phenoxy) is 2. The van der Waals surface area contributed by atoms with Crippen molar-refractivity contribution in [2.75, 3.05) is 40.1 Å². The maximum atomic E-state index is 12.8. The van der Waals surface area contributed by atoms with Crippen LogP contribution in [-0.2, 0) is 4.74 Å². The number of methoxy groups -OCH3 is 1. The SMILES string of the molecule is COc1cc(C2NCNN2)c2cc(C(=O)N3CCOCC3)ccc2n1. The molecule has 0 saturated carbocycles. The molecule has 2 aliphatic heterocycles. The van der Waals surface area contributed by atoms with Crippen LogP contribution in [0.4, 0.5) is 0 Å². The van der Waals surface area contributed by atoms with Crippen molar-refractivity contribution in [3.05, 3.63) is 35.4 Å². The van der Waals surface area contributed by atoms with E-state index in [1.165, 1.54) is 0 Å². The van der Waals surface area contributed by atoms with Crippen LogP contribution in [-0.4, -0.2) is 55.9 Å². The lowest BCUT2D eigenvalue weighted by Gasteiger charge is -2.27. The second-order valence-corrected chi connectivity index (χ2v) is 6.03. The fraction of sp³-hybridized carbons (Fsp3) is 0.412. The Bertz CT molecular complexity index is 785. The molecule has 25 heavy (non-hydrogen) atoms. The number of hydrazine groups is 1. The zero-order chi connectivity index (χ0) is 17.2. The van der Waals surface area contributed by atoms with E-state index >= 15 is 0 Å². The summed E-state index contributed by atoms with van der Waals surface area (Å²) in [6.45, 7) is 3.08. The van der Waals surface area contributed by atoms with Crippen molar-refractivity contribution in [2.24, 2.45) is 0 Å². The van der Waals surface area contributed by atoms with Gasteiger partial charge in [-0.3, -0.25) is 10.1 Å². The molecule has 0 bridgehead atoms. The van der Waals surface area contributed by atoms with Gasteiger partial charge in [-0.25, -0.2) is 15.8 Å². The smallest absolute Gasteiger partial charge is 0.254 e. The number of carbonyl (C=O) groups is 1. The van der Waals surface area contributed by atoms with Crippen LogP contribution in [0.1, 0.15) is 22.1 Å². The van der Waals surface area contributed by atoms with Crippen molar-refractivity contribution in [3.8, 4) is 5.88 Å².